The van der Waals surface area contributed by atoms with Crippen LogP contribution in [0.1, 0.15) is 17.2 Å². The summed E-state index contributed by atoms with van der Waals surface area (Å²) in [5, 5.41) is 3.99. The van der Waals surface area contributed by atoms with Gasteiger partial charge in [-0.3, -0.25) is 4.90 Å². The average Bonchev–Trinajstić information content (AvgIpc) is 2.86. The van der Waals surface area contributed by atoms with Gasteiger partial charge >= 0.3 is 0 Å². The smallest absolute Gasteiger partial charge is 0.130 e. The van der Waals surface area contributed by atoms with E-state index in [1.807, 2.05) is 28.8 Å². The molecular weight excluding hydrogens is 266 g/mol. The Balaban J connectivity index is 2.24. The number of hydrogen-bond acceptors (Lipinski definition) is 3. The molecule has 0 fully saturated rings. The fourth-order valence-electron chi connectivity index (χ4n) is 2.13. The van der Waals surface area contributed by atoms with Gasteiger partial charge in [-0.25, -0.2) is 8.78 Å². The Morgan fingerprint density at radius 3 is 2.47 bits per heavy atom. The summed E-state index contributed by atoms with van der Waals surface area (Å²) in [6.45, 7) is 0.775. The van der Waals surface area contributed by atoms with Crippen LogP contribution in [-0.4, -0.2) is 18.5 Å². The lowest BCUT2D eigenvalue weighted by atomic mass is 10.0. The highest BCUT2D eigenvalue weighted by molar-refractivity contribution is 7.07. The lowest BCUT2D eigenvalue weighted by Crippen LogP contribution is -2.31. The maximum Gasteiger partial charge on any atom is 0.130 e. The third-order valence-electron chi connectivity index (χ3n) is 3.10. The molecule has 0 radical (unpaired) electrons. The maximum absolute atomic E-state index is 13.8. The summed E-state index contributed by atoms with van der Waals surface area (Å²) in [5.74, 6) is -1.10. The number of hydrogen-bond donors (Lipinski definition) is 1. The Hall–Kier alpha value is -1.30. The van der Waals surface area contributed by atoms with Crippen LogP contribution >= 0.6 is 11.3 Å². The maximum atomic E-state index is 13.8. The Morgan fingerprint density at radius 2 is 1.95 bits per heavy atom. The first kappa shape index (κ1) is 14.1. The van der Waals surface area contributed by atoms with Gasteiger partial charge in [0.25, 0.3) is 0 Å². The van der Waals surface area contributed by atoms with Gasteiger partial charge in [-0.15, -0.1) is 0 Å². The number of thiophene rings is 1. The molecular formula is C14H16F2N2S. The van der Waals surface area contributed by atoms with Crippen LogP contribution in [0.2, 0.25) is 0 Å². The van der Waals surface area contributed by atoms with E-state index in [2.05, 4.69) is 0 Å². The number of halogens is 2. The van der Waals surface area contributed by atoms with Gasteiger partial charge in [0, 0.05) is 18.7 Å². The third-order valence-corrected chi connectivity index (χ3v) is 3.83. The SMILES string of the molecule is CN(Cc1ccsc1)C(CN)c1c(F)cccc1F. The highest BCUT2D eigenvalue weighted by Gasteiger charge is 2.22. The van der Waals surface area contributed by atoms with E-state index >= 15 is 0 Å². The first-order valence-electron chi connectivity index (χ1n) is 5.98. The Bertz CT molecular complexity index is 508. The molecule has 102 valence electrons. The number of benzene rings is 1. The zero-order chi connectivity index (χ0) is 13.8. The number of rotatable bonds is 5. The van der Waals surface area contributed by atoms with E-state index in [-0.39, 0.29) is 12.1 Å². The molecule has 0 bridgehead atoms. The first-order valence-corrected chi connectivity index (χ1v) is 6.93. The molecule has 0 aliphatic heterocycles. The molecule has 1 atom stereocenters. The lowest BCUT2D eigenvalue weighted by Gasteiger charge is -2.27. The second-order valence-corrected chi connectivity index (χ2v) is 5.21. The summed E-state index contributed by atoms with van der Waals surface area (Å²) >= 11 is 1.60. The normalized spacial score (nSPS) is 12.9. The van der Waals surface area contributed by atoms with Gasteiger partial charge in [-0.1, -0.05) is 6.07 Å². The van der Waals surface area contributed by atoms with Crippen LogP contribution in [0.5, 0.6) is 0 Å². The summed E-state index contributed by atoms with van der Waals surface area (Å²) in [4.78, 5) is 1.86. The number of nitrogens with two attached hydrogens (primary N) is 1. The van der Waals surface area contributed by atoms with Gasteiger partial charge in [-0.05, 0) is 41.6 Å². The molecule has 1 heterocycles. The second-order valence-electron chi connectivity index (χ2n) is 4.43. The fraction of sp³-hybridized carbons (Fsp3) is 0.286. The van der Waals surface area contributed by atoms with Crippen LogP contribution in [-0.2, 0) is 6.54 Å². The molecule has 2 rings (SSSR count). The minimum atomic E-state index is -0.549. The Labute approximate surface area is 115 Å². The highest BCUT2D eigenvalue weighted by atomic mass is 32.1. The molecule has 1 unspecified atom stereocenters. The molecule has 0 amide bonds. The fourth-order valence-corrected chi connectivity index (χ4v) is 2.79. The van der Waals surface area contributed by atoms with Crippen LogP contribution in [0.3, 0.4) is 0 Å². The Kier molecular flexibility index (Phi) is 4.63. The average molecular weight is 282 g/mol. The van der Waals surface area contributed by atoms with Crippen LogP contribution in [0.25, 0.3) is 0 Å². The minimum Gasteiger partial charge on any atom is -0.329 e. The minimum absolute atomic E-state index is 0.0442. The standard InChI is InChI=1S/C14H16F2N2S/c1-18(8-10-5-6-19-9-10)13(7-17)14-11(15)3-2-4-12(14)16/h2-6,9,13H,7-8,17H2,1H3. The van der Waals surface area contributed by atoms with E-state index in [4.69, 9.17) is 5.73 Å². The lowest BCUT2D eigenvalue weighted by molar-refractivity contribution is 0.231. The molecule has 2 aromatic rings. The second kappa shape index (κ2) is 6.23. The van der Waals surface area contributed by atoms with Crippen molar-refractivity contribution in [2.45, 2.75) is 12.6 Å². The van der Waals surface area contributed by atoms with E-state index in [1.54, 1.807) is 11.3 Å². The predicted octanol–water partition coefficient (Wildman–Crippen LogP) is 3.16. The van der Waals surface area contributed by atoms with Crippen molar-refractivity contribution in [3.8, 4) is 0 Å². The van der Waals surface area contributed by atoms with Crippen molar-refractivity contribution in [2.75, 3.05) is 13.6 Å². The van der Waals surface area contributed by atoms with Crippen molar-refractivity contribution in [1.29, 1.82) is 0 Å². The topological polar surface area (TPSA) is 29.3 Å². The van der Waals surface area contributed by atoms with E-state index in [0.29, 0.717) is 6.54 Å². The molecule has 1 aromatic carbocycles. The van der Waals surface area contributed by atoms with Crippen molar-refractivity contribution >= 4 is 11.3 Å². The van der Waals surface area contributed by atoms with Gasteiger partial charge in [-0.2, -0.15) is 11.3 Å². The van der Waals surface area contributed by atoms with E-state index in [1.165, 1.54) is 18.2 Å². The molecule has 2 nitrogen and oxygen atoms in total. The molecule has 2 N–H and O–H groups in total. The van der Waals surface area contributed by atoms with Gasteiger partial charge in [0.1, 0.15) is 11.6 Å². The van der Waals surface area contributed by atoms with Crippen LogP contribution in [0, 0.1) is 11.6 Å². The van der Waals surface area contributed by atoms with Crippen LogP contribution in [0.15, 0.2) is 35.0 Å². The molecule has 0 aliphatic rings. The summed E-state index contributed by atoms with van der Waals surface area (Å²) in [7, 11) is 1.82. The molecule has 0 saturated carbocycles. The predicted molar refractivity (Wildman–Crippen MR) is 73.9 cm³/mol. The van der Waals surface area contributed by atoms with Gasteiger partial charge in [0.2, 0.25) is 0 Å². The molecule has 5 heteroatoms. The summed E-state index contributed by atoms with van der Waals surface area (Å²) in [6, 6.07) is 5.41. The largest absolute Gasteiger partial charge is 0.329 e. The van der Waals surface area contributed by atoms with E-state index in [0.717, 1.165) is 5.56 Å². The molecule has 0 aliphatic carbocycles. The molecule has 0 spiro atoms. The van der Waals surface area contributed by atoms with Crippen molar-refractivity contribution in [1.82, 2.24) is 4.90 Å². The van der Waals surface area contributed by atoms with E-state index in [9.17, 15) is 8.78 Å². The zero-order valence-electron chi connectivity index (χ0n) is 10.6. The number of likely N-dealkylation sites (N-methyl/N-ethyl adjacent to an activating group) is 1. The van der Waals surface area contributed by atoms with E-state index < -0.39 is 17.7 Å². The monoisotopic (exact) mass is 282 g/mol. The van der Waals surface area contributed by atoms with Gasteiger partial charge < -0.3 is 5.73 Å². The molecule has 19 heavy (non-hydrogen) atoms. The molecule has 1 aromatic heterocycles. The summed E-state index contributed by atoms with van der Waals surface area (Å²) in [6.07, 6.45) is 0. The van der Waals surface area contributed by atoms with Gasteiger partial charge in [0.05, 0.1) is 6.04 Å². The number of nitrogens with zero attached hydrogens (tertiary/aromatic N) is 1. The van der Waals surface area contributed by atoms with Gasteiger partial charge in [0.15, 0.2) is 0 Å². The molecule has 0 saturated heterocycles. The zero-order valence-corrected chi connectivity index (χ0v) is 11.5. The summed E-state index contributed by atoms with van der Waals surface area (Å²) in [5.41, 5.74) is 6.86. The van der Waals surface area contributed by atoms with Crippen molar-refractivity contribution < 1.29 is 8.78 Å². The third kappa shape index (κ3) is 3.18. The van der Waals surface area contributed by atoms with Crippen molar-refractivity contribution in [2.24, 2.45) is 5.73 Å². The first-order chi connectivity index (χ1) is 9.13. The summed E-state index contributed by atoms with van der Waals surface area (Å²) < 4.78 is 27.6. The van der Waals surface area contributed by atoms with Crippen LogP contribution in [0.4, 0.5) is 8.78 Å². The Morgan fingerprint density at radius 1 is 1.26 bits per heavy atom. The highest BCUT2D eigenvalue weighted by Crippen LogP contribution is 2.26. The van der Waals surface area contributed by atoms with Crippen LogP contribution < -0.4 is 5.73 Å². The van der Waals surface area contributed by atoms with Crippen molar-refractivity contribution in [3.63, 3.8) is 0 Å². The quantitative estimate of drug-likeness (QED) is 0.912. The van der Waals surface area contributed by atoms with Crippen molar-refractivity contribution in [3.05, 3.63) is 57.8 Å².